The number of nitrogens with zero attached hydrogens (tertiary/aromatic N) is 2. The van der Waals surface area contributed by atoms with Crippen LogP contribution < -0.4 is 0 Å². The lowest BCUT2D eigenvalue weighted by atomic mass is 10.1. The van der Waals surface area contributed by atoms with E-state index < -0.39 is 0 Å². The van der Waals surface area contributed by atoms with E-state index in [1.54, 1.807) is 24.3 Å². The quantitative estimate of drug-likeness (QED) is 0.692. The summed E-state index contributed by atoms with van der Waals surface area (Å²) in [6, 6.07) is 14.6. The zero-order valence-corrected chi connectivity index (χ0v) is 12.2. The number of benzene rings is 2. The molecular formula is C17H14N2O3. The minimum Gasteiger partial charge on any atom is -0.465 e. The van der Waals surface area contributed by atoms with Crippen LogP contribution in [0.4, 0.5) is 0 Å². The lowest BCUT2D eigenvalue weighted by molar-refractivity contribution is 0.0601. The first-order chi connectivity index (χ1) is 10.7. The van der Waals surface area contributed by atoms with Crippen LogP contribution >= 0.6 is 0 Å². The maximum atomic E-state index is 11.4. The second-order valence-corrected chi connectivity index (χ2v) is 4.80. The number of esters is 1. The molecule has 5 heteroatoms. The van der Waals surface area contributed by atoms with Gasteiger partial charge in [-0.05, 0) is 42.8 Å². The number of methoxy groups -OCH3 is 1. The molecule has 0 radical (unpaired) electrons. The number of rotatable bonds is 3. The average Bonchev–Trinajstić information content (AvgIpc) is 3.04. The highest BCUT2D eigenvalue weighted by Crippen LogP contribution is 2.26. The van der Waals surface area contributed by atoms with Crippen LogP contribution in [-0.4, -0.2) is 23.3 Å². The Morgan fingerprint density at radius 2 is 1.68 bits per heavy atom. The van der Waals surface area contributed by atoms with Crippen molar-refractivity contribution in [1.82, 2.24) is 10.2 Å². The van der Waals surface area contributed by atoms with E-state index in [2.05, 4.69) is 14.9 Å². The largest absolute Gasteiger partial charge is 0.465 e. The van der Waals surface area contributed by atoms with Crippen LogP contribution in [0.2, 0.25) is 0 Å². The van der Waals surface area contributed by atoms with Gasteiger partial charge in [0.2, 0.25) is 11.8 Å². The molecule has 0 aliphatic rings. The van der Waals surface area contributed by atoms with Gasteiger partial charge < -0.3 is 9.15 Å². The van der Waals surface area contributed by atoms with Crippen LogP contribution in [0.1, 0.15) is 15.9 Å². The van der Waals surface area contributed by atoms with Crippen molar-refractivity contribution in [2.24, 2.45) is 0 Å². The molecule has 22 heavy (non-hydrogen) atoms. The monoisotopic (exact) mass is 294 g/mol. The van der Waals surface area contributed by atoms with Crippen LogP contribution in [0.25, 0.3) is 22.9 Å². The van der Waals surface area contributed by atoms with Crippen LogP contribution in [-0.2, 0) is 4.74 Å². The van der Waals surface area contributed by atoms with Crippen LogP contribution in [0.5, 0.6) is 0 Å². The zero-order valence-electron chi connectivity index (χ0n) is 12.2. The van der Waals surface area contributed by atoms with Crippen molar-refractivity contribution in [3.8, 4) is 22.9 Å². The summed E-state index contributed by atoms with van der Waals surface area (Å²) >= 11 is 0. The minimum atomic E-state index is -0.377. The van der Waals surface area contributed by atoms with Gasteiger partial charge in [-0.1, -0.05) is 18.2 Å². The Kier molecular flexibility index (Phi) is 3.70. The third-order valence-corrected chi connectivity index (χ3v) is 3.35. The summed E-state index contributed by atoms with van der Waals surface area (Å²) in [4.78, 5) is 11.4. The smallest absolute Gasteiger partial charge is 0.337 e. The van der Waals surface area contributed by atoms with Crippen LogP contribution in [0.3, 0.4) is 0 Å². The van der Waals surface area contributed by atoms with Gasteiger partial charge in [-0.3, -0.25) is 0 Å². The average molecular weight is 294 g/mol. The number of carbonyl (C=O) groups is 1. The van der Waals surface area contributed by atoms with Crippen molar-refractivity contribution in [2.75, 3.05) is 7.11 Å². The van der Waals surface area contributed by atoms with Gasteiger partial charge >= 0.3 is 5.97 Å². The summed E-state index contributed by atoms with van der Waals surface area (Å²) < 4.78 is 10.4. The van der Waals surface area contributed by atoms with Crippen LogP contribution in [0, 0.1) is 6.92 Å². The van der Waals surface area contributed by atoms with Crippen molar-refractivity contribution < 1.29 is 13.9 Å². The lowest BCUT2D eigenvalue weighted by Gasteiger charge is -2.00. The number of hydrogen-bond donors (Lipinski definition) is 0. The molecule has 0 amide bonds. The Hall–Kier alpha value is -2.95. The SMILES string of the molecule is COC(=O)c1ccc(-c2nnc(-c3ccccc3C)o2)cc1. The van der Waals surface area contributed by atoms with Gasteiger partial charge in [-0.25, -0.2) is 4.79 Å². The number of ether oxygens (including phenoxy) is 1. The Morgan fingerprint density at radius 3 is 2.36 bits per heavy atom. The Balaban J connectivity index is 1.91. The number of hydrogen-bond acceptors (Lipinski definition) is 5. The molecule has 0 aliphatic carbocycles. The van der Waals surface area contributed by atoms with Crippen LogP contribution in [0.15, 0.2) is 52.9 Å². The fourth-order valence-electron chi connectivity index (χ4n) is 2.13. The maximum absolute atomic E-state index is 11.4. The molecule has 3 rings (SSSR count). The molecule has 0 fully saturated rings. The van der Waals surface area contributed by atoms with E-state index in [1.165, 1.54) is 7.11 Å². The molecule has 1 heterocycles. The third kappa shape index (κ3) is 2.61. The highest BCUT2D eigenvalue weighted by molar-refractivity contribution is 5.89. The molecule has 2 aromatic carbocycles. The van der Waals surface area contributed by atoms with Gasteiger partial charge in [0, 0.05) is 11.1 Å². The molecule has 0 saturated heterocycles. The molecule has 0 aliphatic heterocycles. The van der Waals surface area contributed by atoms with Gasteiger partial charge in [-0.2, -0.15) is 0 Å². The molecule has 0 bridgehead atoms. The fraction of sp³-hybridized carbons (Fsp3) is 0.118. The first kappa shape index (κ1) is 14.0. The van der Waals surface area contributed by atoms with Crippen molar-refractivity contribution >= 4 is 5.97 Å². The number of carbonyl (C=O) groups excluding carboxylic acids is 1. The normalized spacial score (nSPS) is 10.5. The Labute approximate surface area is 127 Å². The second kappa shape index (κ2) is 5.81. The molecule has 0 unspecified atom stereocenters. The first-order valence-electron chi connectivity index (χ1n) is 6.77. The summed E-state index contributed by atoms with van der Waals surface area (Å²) in [6.07, 6.45) is 0. The third-order valence-electron chi connectivity index (χ3n) is 3.35. The van der Waals surface area contributed by atoms with E-state index in [-0.39, 0.29) is 5.97 Å². The second-order valence-electron chi connectivity index (χ2n) is 4.80. The Morgan fingerprint density at radius 1 is 1.00 bits per heavy atom. The van der Waals surface area contributed by atoms with Gasteiger partial charge in [0.25, 0.3) is 0 Å². The molecule has 1 aromatic heterocycles. The lowest BCUT2D eigenvalue weighted by Crippen LogP contribution is -2.00. The van der Waals surface area contributed by atoms with Gasteiger partial charge in [0.15, 0.2) is 0 Å². The first-order valence-corrected chi connectivity index (χ1v) is 6.77. The van der Waals surface area contributed by atoms with E-state index >= 15 is 0 Å². The predicted molar refractivity (Wildman–Crippen MR) is 81.2 cm³/mol. The van der Waals surface area contributed by atoms with Crippen molar-refractivity contribution in [3.05, 3.63) is 59.7 Å². The van der Waals surface area contributed by atoms with E-state index in [0.29, 0.717) is 17.3 Å². The molecule has 3 aromatic rings. The summed E-state index contributed by atoms with van der Waals surface area (Å²) in [6.45, 7) is 1.99. The summed E-state index contributed by atoms with van der Waals surface area (Å²) in [5.41, 5.74) is 3.20. The van der Waals surface area contributed by atoms with Crippen molar-refractivity contribution in [1.29, 1.82) is 0 Å². The van der Waals surface area contributed by atoms with Crippen molar-refractivity contribution in [2.45, 2.75) is 6.92 Å². The maximum Gasteiger partial charge on any atom is 0.337 e. The minimum absolute atomic E-state index is 0.377. The molecule has 0 atom stereocenters. The standard InChI is InChI=1S/C17H14N2O3/c1-11-5-3-4-6-14(11)16-19-18-15(22-16)12-7-9-13(10-8-12)17(20)21-2/h3-10H,1-2H3. The summed E-state index contributed by atoms with van der Waals surface area (Å²) in [5, 5.41) is 8.15. The highest BCUT2D eigenvalue weighted by atomic mass is 16.5. The highest BCUT2D eigenvalue weighted by Gasteiger charge is 2.13. The van der Waals surface area contributed by atoms with E-state index in [9.17, 15) is 4.79 Å². The molecule has 5 nitrogen and oxygen atoms in total. The summed E-state index contributed by atoms with van der Waals surface area (Å²) in [7, 11) is 1.35. The van der Waals surface area contributed by atoms with E-state index in [0.717, 1.165) is 16.7 Å². The topological polar surface area (TPSA) is 65.2 Å². The molecular weight excluding hydrogens is 280 g/mol. The number of aryl methyl sites for hydroxylation is 1. The molecule has 0 spiro atoms. The zero-order chi connectivity index (χ0) is 15.5. The van der Waals surface area contributed by atoms with Gasteiger partial charge in [0.1, 0.15) is 0 Å². The van der Waals surface area contributed by atoms with E-state index in [4.69, 9.17) is 4.42 Å². The molecule has 110 valence electrons. The summed E-state index contributed by atoms with van der Waals surface area (Å²) in [5.74, 6) is 0.512. The van der Waals surface area contributed by atoms with Gasteiger partial charge in [0.05, 0.1) is 12.7 Å². The molecule has 0 saturated carbocycles. The van der Waals surface area contributed by atoms with E-state index in [1.807, 2.05) is 31.2 Å². The Bertz CT molecular complexity index is 807. The molecule has 0 N–H and O–H groups in total. The predicted octanol–water partition coefficient (Wildman–Crippen LogP) is 3.50. The fourth-order valence-corrected chi connectivity index (χ4v) is 2.13. The number of aromatic nitrogens is 2. The van der Waals surface area contributed by atoms with Gasteiger partial charge in [-0.15, -0.1) is 10.2 Å². The van der Waals surface area contributed by atoms with Crippen molar-refractivity contribution in [3.63, 3.8) is 0 Å².